The number of carbonyl (C=O) groups excluding carboxylic acids is 2. The standard InChI is InChI=1S/C9H14ClNO4/c1-14-8(12)7-4-3-6(10)5-11(7)9(13)15-2/h6-7H,3-5H2,1-2H3/t6-,7-/m1/s1. The molecule has 1 aliphatic heterocycles. The van der Waals surface area contributed by atoms with E-state index in [0.29, 0.717) is 19.4 Å². The Morgan fingerprint density at radius 1 is 1.27 bits per heavy atom. The molecule has 0 spiro atoms. The van der Waals surface area contributed by atoms with Crippen molar-refractivity contribution in [1.82, 2.24) is 4.90 Å². The first kappa shape index (κ1) is 12.1. The van der Waals surface area contributed by atoms with Crippen LogP contribution in [-0.2, 0) is 14.3 Å². The first-order chi connectivity index (χ1) is 7.10. The zero-order chi connectivity index (χ0) is 11.4. The van der Waals surface area contributed by atoms with E-state index in [9.17, 15) is 9.59 Å². The molecule has 0 aromatic rings. The minimum Gasteiger partial charge on any atom is -0.467 e. The van der Waals surface area contributed by atoms with Gasteiger partial charge in [-0.15, -0.1) is 11.6 Å². The number of rotatable bonds is 1. The largest absolute Gasteiger partial charge is 0.467 e. The lowest BCUT2D eigenvalue weighted by Gasteiger charge is -2.34. The molecule has 0 saturated carbocycles. The number of nitrogens with zero attached hydrogens (tertiary/aromatic N) is 1. The normalized spacial score (nSPS) is 25.9. The lowest BCUT2D eigenvalue weighted by atomic mass is 10.0. The molecule has 0 aliphatic carbocycles. The molecule has 15 heavy (non-hydrogen) atoms. The van der Waals surface area contributed by atoms with E-state index in [4.69, 9.17) is 11.6 Å². The summed E-state index contributed by atoms with van der Waals surface area (Å²) in [6.07, 6.45) is 0.654. The fourth-order valence-electron chi connectivity index (χ4n) is 1.63. The Balaban J connectivity index is 2.74. The van der Waals surface area contributed by atoms with Crippen LogP contribution < -0.4 is 0 Å². The van der Waals surface area contributed by atoms with Gasteiger partial charge in [-0.3, -0.25) is 4.90 Å². The lowest BCUT2D eigenvalue weighted by molar-refractivity contribution is -0.147. The Labute approximate surface area is 93.3 Å². The molecule has 0 N–H and O–H groups in total. The van der Waals surface area contributed by atoms with Gasteiger partial charge < -0.3 is 9.47 Å². The van der Waals surface area contributed by atoms with Crippen LogP contribution in [0.25, 0.3) is 0 Å². The van der Waals surface area contributed by atoms with Gasteiger partial charge in [-0.2, -0.15) is 0 Å². The van der Waals surface area contributed by atoms with Crippen molar-refractivity contribution in [3.8, 4) is 0 Å². The molecule has 1 fully saturated rings. The van der Waals surface area contributed by atoms with E-state index in [2.05, 4.69) is 9.47 Å². The van der Waals surface area contributed by atoms with Crippen molar-refractivity contribution >= 4 is 23.7 Å². The van der Waals surface area contributed by atoms with Crippen LogP contribution in [-0.4, -0.2) is 49.1 Å². The fourth-order valence-corrected chi connectivity index (χ4v) is 1.90. The maximum absolute atomic E-state index is 11.4. The summed E-state index contributed by atoms with van der Waals surface area (Å²) in [5.41, 5.74) is 0. The second-order valence-electron chi connectivity index (χ2n) is 3.34. The first-order valence-electron chi connectivity index (χ1n) is 4.66. The predicted octanol–water partition coefficient (Wildman–Crippen LogP) is 0.998. The van der Waals surface area contributed by atoms with Crippen molar-refractivity contribution in [3.63, 3.8) is 0 Å². The quantitative estimate of drug-likeness (QED) is 0.503. The lowest BCUT2D eigenvalue weighted by Crippen LogP contribution is -2.51. The summed E-state index contributed by atoms with van der Waals surface area (Å²) in [7, 11) is 2.57. The zero-order valence-corrected chi connectivity index (χ0v) is 9.49. The van der Waals surface area contributed by atoms with Crippen LogP contribution in [0.2, 0.25) is 0 Å². The first-order valence-corrected chi connectivity index (χ1v) is 5.10. The average Bonchev–Trinajstić information content (AvgIpc) is 2.26. The second-order valence-corrected chi connectivity index (χ2v) is 3.95. The molecule has 0 aromatic carbocycles. The highest BCUT2D eigenvalue weighted by Crippen LogP contribution is 2.22. The summed E-state index contributed by atoms with van der Waals surface area (Å²) in [6, 6.07) is -0.572. The van der Waals surface area contributed by atoms with Crippen LogP contribution in [0.5, 0.6) is 0 Å². The van der Waals surface area contributed by atoms with Gasteiger partial charge in [-0.05, 0) is 12.8 Å². The number of esters is 1. The van der Waals surface area contributed by atoms with Gasteiger partial charge in [0.2, 0.25) is 0 Å². The molecule has 1 amide bonds. The molecule has 1 heterocycles. The Kier molecular flexibility index (Phi) is 4.20. The number of hydrogen-bond donors (Lipinski definition) is 0. The third kappa shape index (κ3) is 2.75. The van der Waals surface area contributed by atoms with E-state index >= 15 is 0 Å². The van der Waals surface area contributed by atoms with E-state index in [0.717, 1.165) is 0 Å². The van der Waals surface area contributed by atoms with E-state index < -0.39 is 18.1 Å². The van der Waals surface area contributed by atoms with Crippen LogP contribution >= 0.6 is 11.6 Å². The SMILES string of the molecule is COC(=O)[C@H]1CC[C@@H](Cl)CN1C(=O)OC. The van der Waals surface area contributed by atoms with Crippen molar-refractivity contribution in [2.75, 3.05) is 20.8 Å². The highest BCUT2D eigenvalue weighted by Gasteiger charge is 2.36. The Hall–Kier alpha value is -0.970. The van der Waals surface area contributed by atoms with Gasteiger partial charge in [-0.1, -0.05) is 0 Å². The summed E-state index contributed by atoms with van der Waals surface area (Å²) in [5, 5.41) is -0.134. The molecule has 1 aliphatic rings. The van der Waals surface area contributed by atoms with E-state index in [1.54, 1.807) is 0 Å². The summed E-state index contributed by atoms with van der Waals surface area (Å²) < 4.78 is 9.20. The number of hydrogen-bond acceptors (Lipinski definition) is 4. The van der Waals surface area contributed by atoms with Crippen molar-refractivity contribution in [3.05, 3.63) is 0 Å². The van der Waals surface area contributed by atoms with Gasteiger partial charge in [0.1, 0.15) is 6.04 Å². The molecule has 0 radical (unpaired) electrons. The fraction of sp³-hybridized carbons (Fsp3) is 0.778. The van der Waals surface area contributed by atoms with Gasteiger partial charge in [0.05, 0.1) is 19.6 Å². The molecule has 2 atom stereocenters. The van der Waals surface area contributed by atoms with Crippen LogP contribution in [0, 0.1) is 0 Å². The molecule has 1 rings (SSSR count). The number of amides is 1. The molecular formula is C9H14ClNO4. The predicted molar refractivity (Wildman–Crippen MR) is 53.8 cm³/mol. The number of alkyl halides is 1. The monoisotopic (exact) mass is 235 g/mol. The van der Waals surface area contributed by atoms with Gasteiger partial charge in [-0.25, -0.2) is 9.59 Å². The summed E-state index contributed by atoms with van der Waals surface area (Å²) >= 11 is 5.92. The summed E-state index contributed by atoms with van der Waals surface area (Å²) in [5.74, 6) is -0.427. The molecule has 86 valence electrons. The topological polar surface area (TPSA) is 55.8 Å². The number of likely N-dealkylation sites (tertiary alicyclic amines) is 1. The molecule has 0 bridgehead atoms. The van der Waals surface area contributed by atoms with E-state index in [-0.39, 0.29) is 5.38 Å². The highest BCUT2D eigenvalue weighted by atomic mass is 35.5. The van der Waals surface area contributed by atoms with Gasteiger partial charge in [0.25, 0.3) is 0 Å². The molecule has 1 saturated heterocycles. The third-order valence-corrected chi connectivity index (χ3v) is 2.76. The Bertz CT molecular complexity index is 258. The van der Waals surface area contributed by atoms with Crippen molar-refractivity contribution in [2.24, 2.45) is 0 Å². The Morgan fingerprint density at radius 2 is 1.93 bits per heavy atom. The zero-order valence-electron chi connectivity index (χ0n) is 8.73. The molecular weight excluding hydrogens is 222 g/mol. The molecule has 0 unspecified atom stereocenters. The second kappa shape index (κ2) is 5.21. The van der Waals surface area contributed by atoms with Crippen LogP contribution in [0.15, 0.2) is 0 Å². The molecule has 0 aromatic heterocycles. The smallest absolute Gasteiger partial charge is 0.410 e. The summed E-state index contributed by atoms with van der Waals surface area (Å²) in [4.78, 5) is 24.1. The van der Waals surface area contributed by atoms with Crippen molar-refractivity contribution in [2.45, 2.75) is 24.3 Å². The van der Waals surface area contributed by atoms with Crippen molar-refractivity contribution in [1.29, 1.82) is 0 Å². The van der Waals surface area contributed by atoms with Gasteiger partial charge in [0, 0.05) is 6.54 Å². The minimum atomic E-state index is -0.572. The van der Waals surface area contributed by atoms with Crippen LogP contribution in [0.3, 0.4) is 0 Å². The highest BCUT2D eigenvalue weighted by molar-refractivity contribution is 6.21. The van der Waals surface area contributed by atoms with Gasteiger partial charge in [0.15, 0.2) is 0 Å². The minimum absolute atomic E-state index is 0.134. The maximum atomic E-state index is 11.4. The maximum Gasteiger partial charge on any atom is 0.410 e. The van der Waals surface area contributed by atoms with Crippen LogP contribution in [0.1, 0.15) is 12.8 Å². The van der Waals surface area contributed by atoms with E-state index in [1.165, 1.54) is 19.1 Å². The Morgan fingerprint density at radius 3 is 2.47 bits per heavy atom. The number of piperidine rings is 1. The van der Waals surface area contributed by atoms with Gasteiger partial charge >= 0.3 is 12.1 Å². The average molecular weight is 236 g/mol. The number of carbonyl (C=O) groups is 2. The van der Waals surface area contributed by atoms with E-state index in [1.807, 2.05) is 0 Å². The third-order valence-electron chi connectivity index (χ3n) is 2.41. The number of methoxy groups -OCH3 is 2. The number of halogens is 1. The van der Waals surface area contributed by atoms with Crippen LogP contribution in [0.4, 0.5) is 4.79 Å². The molecule has 5 nitrogen and oxygen atoms in total. The number of ether oxygens (including phenoxy) is 2. The molecule has 6 heteroatoms. The van der Waals surface area contributed by atoms with Crippen molar-refractivity contribution < 1.29 is 19.1 Å². The summed E-state index contributed by atoms with van der Waals surface area (Å²) in [6.45, 7) is 0.313.